The van der Waals surface area contributed by atoms with Crippen LogP contribution in [0.25, 0.3) is 0 Å². The van der Waals surface area contributed by atoms with Gasteiger partial charge in [-0.2, -0.15) is 0 Å². The molecule has 0 aliphatic carbocycles. The van der Waals surface area contributed by atoms with Crippen LogP contribution >= 0.6 is 0 Å². The van der Waals surface area contributed by atoms with Crippen LogP contribution in [0.4, 0.5) is 0 Å². The number of aromatic nitrogens is 3. The topological polar surface area (TPSA) is 72.3 Å². The van der Waals surface area contributed by atoms with E-state index in [2.05, 4.69) is 57.0 Å². The molecule has 1 amide bonds. The molecule has 0 bridgehead atoms. The Morgan fingerprint density at radius 3 is 2.82 bits per heavy atom. The van der Waals surface area contributed by atoms with Crippen molar-refractivity contribution in [1.82, 2.24) is 25.0 Å². The molecule has 0 fully saturated rings. The highest BCUT2D eigenvalue weighted by molar-refractivity contribution is 5.76. The van der Waals surface area contributed by atoms with E-state index in [4.69, 9.17) is 4.74 Å². The van der Waals surface area contributed by atoms with Crippen LogP contribution in [-0.4, -0.2) is 52.4 Å². The van der Waals surface area contributed by atoms with Gasteiger partial charge in [0.05, 0.1) is 12.6 Å². The van der Waals surface area contributed by atoms with Crippen molar-refractivity contribution in [3.05, 3.63) is 46.5 Å². The Bertz CT molecular complexity index is 817. The van der Waals surface area contributed by atoms with Crippen molar-refractivity contribution in [1.29, 1.82) is 0 Å². The first-order valence-electron chi connectivity index (χ1n) is 9.96. The number of carbonyl (C=O) groups excluding carboxylic acids is 1. The molecule has 1 aliphatic rings. The number of amides is 1. The fourth-order valence-corrected chi connectivity index (χ4v) is 3.70. The summed E-state index contributed by atoms with van der Waals surface area (Å²) in [6.45, 7) is 10.4. The van der Waals surface area contributed by atoms with Gasteiger partial charge in [-0.05, 0) is 31.9 Å². The number of benzene rings is 1. The van der Waals surface area contributed by atoms with Crippen molar-refractivity contribution in [2.75, 3.05) is 26.8 Å². The van der Waals surface area contributed by atoms with Gasteiger partial charge in [0, 0.05) is 46.1 Å². The zero-order chi connectivity index (χ0) is 20.1. The summed E-state index contributed by atoms with van der Waals surface area (Å²) >= 11 is 0. The van der Waals surface area contributed by atoms with E-state index in [1.165, 1.54) is 16.7 Å². The summed E-state index contributed by atoms with van der Waals surface area (Å²) in [7, 11) is 1.60. The zero-order valence-corrected chi connectivity index (χ0v) is 17.4. The van der Waals surface area contributed by atoms with E-state index in [1.54, 1.807) is 7.11 Å². The molecule has 0 radical (unpaired) electrons. The smallest absolute Gasteiger partial charge is 0.222 e. The molecule has 7 nitrogen and oxygen atoms in total. The van der Waals surface area contributed by atoms with Gasteiger partial charge in [-0.3, -0.25) is 9.69 Å². The summed E-state index contributed by atoms with van der Waals surface area (Å²) in [4.78, 5) is 14.5. The minimum atomic E-state index is -0.170. The average molecular weight is 386 g/mol. The van der Waals surface area contributed by atoms with Gasteiger partial charge in [0.25, 0.3) is 0 Å². The lowest BCUT2D eigenvalue weighted by molar-refractivity contribution is -0.122. The van der Waals surface area contributed by atoms with Crippen molar-refractivity contribution in [2.45, 2.75) is 52.7 Å². The number of ether oxygens (including phenoxy) is 1. The molecule has 7 heteroatoms. The molecular weight excluding hydrogens is 354 g/mol. The summed E-state index contributed by atoms with van der Waals surface area (Å²) in [5, 5.41) is 11.7. The fourth-order valence-electron chi connectivity index (χ4n) is 3.70. The van der Waals surface area contributed by atoms with Gasteiger partial charge in [0.2, 0.25) is 5.91 Å². The average Bonchev–Trinajstić information content (AvgIpc) is 2.97. The first-order valence-corrected chi connectivity index (χ1v) is 9.96. The Morgan fingerprint density at radius 1 is 1.25 bits per heavy atom. The second-order valence-corrected chi connectivity index (χ2v) is 7.61. The van der Waals surface area contributed by atoms with E-state index in [-0.39, 0.29) is 11.9 Å². The highest BCUT2D eigenvalue weighted by Gasteiger charge is 2.23. The van der Waals surface area contributed by atoms with Crippen molar-refractivity contribution in [3.63, 3.8) is 0 Å². The lowest BCUT2D eigenvalue weighted by Crippen LogP contribution is -2.30. The molecule has 1 atom stereocenters. The summed E-state index contributed by atoms with van der Waals surface area (Å²) in [6, 6.07) is 6.49. The van der Waals surface area contributed by atoms with Crippen molar-refractivity contribution in [3.8, 4) is 0 Å². The number of nitrogens with zero attached hydrogens (tertiary/aromatic N) is 4. The second kappa shape index (κ2) is 9.30. The van der Waals surface area contributed by atoms with Gasteiger partial charge in [0.15, 0.2) is 5.82 Å². The molecule has 1 aliphatic heterocycles. The number of nitrogens with one attached hydrogen (secondary N) is 1. The van der Waals surface area contributed by atoms with Crippen LogP contribution < -0.4 is 5.32 Å². The van der Waals surface area contributed by atoms with Gasteiger partial charge in [-0.1, -0.05) is 23.8 Å². The van der Waals surface area contributed by atoms with Crippen LogP contribution in [-0.2, 0) is 29.0 Å². The van der Waals surface area contributed by atoms with Gasteiger partial charge in [-0.15, -0.1) is 10.2 Å². The first kappa shape index (κ1) is 20.5. The minimum Gasteiger partial charge on any atom is -0.384 e. The number of fused-ring (bicyclic) bond motifs is 1. The van der Waals surface area contributed by atoms with E-state index in [0.717, 1.165) is 44.2 Å². The predicted molar refractivity (Wildman–Crippen MR) is 108 cm³/mol. The lowest BCUT2D eigenvalue weighted by Gasteiger charge is -2.21. The molecule has 1 aromatic carbocycles. The molecule has 152 valence electrons. The molecular formula is C21H31N5O2. The summed E-state index contributed by atoms with van der Waals surface area (Å²) in [5.74, 6) is 1.79. The van der Waals surface area contributed by atoms with Crippen LogP contribution in [0.3, 0.4) is 0 Å². The van der Waals surface area contributed by atoms with Gasteiger partial charge >= 0.3 is 0 Å². The zero-order valence-electron chi connectivity index (χ0n) is 17.4. The van der Waals surface area contributed by atoms with Crippen molar-refractivity contribution in [2.24, 2.45) is 0 Å². The maximum atomic E-state index is 12.0. The Labute approximate surface area is 167 Å². The van der Waals surface area contributed by atoms with E-state index in [0.29, 0.717) is 13.0 Å². The maximum absolute atomic E-state index is 12.0. The SMILES string of the molecule is COCCC(=O)NC(C)c1nnc2n1CCN(Cc1ccc(C)cc1C)CC2. The molecule has 1 aromatic heterocycles. The number of aryl methyl sites for hydroxylation is 2. The van der Waals surface area contributed by atoms with Crippen molar-refractivity contribution < 1.29 is 9.53 Å². The monoisotopic (exact) mass is 385 g/mol. The molecule has 3 rings (SSSR count). The van der Waals surface area contributed by atoms with Crippen LogP contribution in [0.5, 0.6) is 0 Å². The van der Waals surface area contributed by atoms with E-state index in [1.807, 2.05) is 6.92 Å². The summed E-state index contributed by atoms with van der Waals surface area (Å²) in [6.07, 6.45) is 1.22. The third-order valence-corrected chi connectivity index (χ3v) is 5.34. The molecule has 1 N–H and O–H groups in total. The van der Waals surface area contributed by atoms with Crippen LogP contribution in [0.1, 0.15) is 47.7 Å². The molecule has 0 saturated carbocycles. The number of hydrogen-bond donors (Lipinski definition) is 1. The first-order chi connectivity index (χ1) is 13.5. The Morgan fingerprint density at radius 2 is 2.07 bits per heavy atom. The minimum absolute atomic E-state index is 0.0307. The standard InChI is InChI=1S/C21H31N5O2/c1-15-5-6-18(16(2)13-15)14-25-9-7-19-23-24-21(26(19)11-10-25)17(3)22-20(27)8-12-28-4/h5-6,13,17H,7-12,14H2,1-4H3,(H,22,27). The predicted octanol–water partition coefficient (Wildman–Crippen LogP) is 2.17. The maximum Gasteiger partial charge on any atom is 0.222 e. The lowest BCUT2D eigenvalue weighted by atomic mass is 10.1. The Hall–Kier alpha value is -2.25. The van der Waals surface area contributed by atoms with Gasteiger partial charge in [-0.25, -0.2) is 0 Å². The van der Waals surface area contributed by atoms with E-state index >= 15 is 0 Å². The number of rotatable bonds is 7. The van der Waals surface area contributed by atoms with Crippen LogP contribution in [0, 0.1) is 13.8 Å². The third-order valence-electron chi connectivity index (χ3n) is 5.34. The molecule has 2 heterocycles. The Kier molecular flexibility index (Phi) is 6.80. The molecule has 1 unspecified atom stereocenters. The molecule has 28 heavy (non-hydrogen) atoms. The largest absolute Gasteiger partial charge is 0.384 e. The normalized spacial score (nSPS) is 15.7. The number of methoxy groups -OCH3 is 1. The van der Waals surface area contributed by atoms with Crippen molar-refractivity contribution >= 4 is 5.91 Å². The number of hydrogen-bond acceptors (Lipinski definition) is 5. The highest BCUT2D eigenvalue weighted by atomic mass is 16.5. The van der Waals surface area contributed by atoms with Crippen LogP contribution in [0.2, 0.25) is 0 Å². The van der Waals surface area contributed by atoms with E-state index < -0.39 is 0 Å². The molecule has 0 saturated heterocycles. The van der Waals surface area contributed by atoms with Gasteiger partial charge in [0.1, 0.15) is 5.82 Å². The van der Waals surface area contributed by atoms with E-state index in [9.17, 15) is 4.79 Å². The number of carbonyl (C=O) groups is 1. The summed E-state index contributed by atoms with van der Waals surface area (Å²) < 4.78 is 7.14. The fraction of sp³-hybridized carbons (Fsp3) is 0.571. The Balaban J connectivity index is 1.63. The highest BCUT2D eigenvalue weighted by Crippen LogP contribution is 2.18. The summed E-state index contributed by atoms with van der Waals surface area (Å²) in [5.41, 5.74) is 4.02. The van der Waals surface area contributed by atoms with Gasteiger partial charge < -0.3 is 14.6 Å². The quantitative estimate of drug-likeness (QED) is 0.791. The second-order valence-electron chi connectivity index (χ2n) is 7.61. The third kappa shape index (κ3) is 4.97. The van der Waals surface area contributed by atoms with Crippen LogP contribution in [0.15, 0.2) is 18.2 Å². The molecule has 0 spiro atoms. The molecule has 2 aromatic rings.